The molecule has 2 atom stereocenters. The molecule has 3 fully saturated rings. The standard InChI is InChI=1S/C25H41N5O/c1-20-8-10-23(11-9-20)27-25(31)21(2)30-13-5-6-22(19-30)18-28-14-16-29(17-15-28)24-7-3-4-12-26-24/h3-4,7,12,20-23H,5-6,8-11,13-19H2,1-2H3,(H,27,31). The average molecular weight is 428 g/mol. The molecule has 0 bridgehead atoms. The number of nitrogens with one attached hydrogen (secondary N) is 1. The monoisotopic (exact) mass is 427 g/mol. The summed E-state index contributed by atoms with van der Waals surface area (Å²) in [6.07, 6.45) is 9.16. The summed E-state index contributed by atoms with van der Waals surface area (Å²) in [5.41, 5.74) is 0. The molecule has 2 unspecified atom stereocenters. The van der Waals surface area contributed by atoms with Gasteiger partial charge in [0.2, 0.25) is 5.91 Å². The number of hydrogen-bond donors (Lipinski definition) is 1. The molecule has 1 aromatic heterocycles. The van der Waals surface area contributed by atoms with E-state index in [9.17, 15) is 4.79 Å². The van der Waals surface area contributed by atoms with Gasteiger partial charge in [-0.05, 0) is 76.0 Å². The summed E-state index contributed by atoms with van der Waals surface area (Å²) < 4.78 is 0. The Balaban J connectivity index is 1.21. The van der Waals surface area contributed by atoms with Gasteiger partial charge in [0.1, 0.15) is 5.82 Å². The Morgan fingerprint density at radius 1 is 1.10 bits per heavy atom. The minimum Gasteiger partial charge on any atom is -0.354 e. The lowest BCUT2D eigenvalue weighted by Gasteiger charge is -2.41. The molecule has 172 valence electrons. The van der Waals surface area contributed by atoms with Crippen molar-refractivity contribution in [3.8, 4) is 0 Å². The van der Waals surface area contributed by atoms with E-state index in [-0.39, 0.29) is 11.9 Å². The highest BCUT2D eigenvalue weighted by Crippen LogP contribution is 2.24. The van der Waals surface area contributed by atoms with Crippen LogP contribution in [0.3, 0.4) is 0 Å². The fourth-order valence-electron chi connectivity index (χ4n) is 5.56. The predicted molar refractivity (Wildman–Crippen MR) is 126 cm³/mol. The van der Waals surface area contributed by atoms with Gasteiger partial charge in [-0.2, -0.15) is 0 Å². The first-order valence-electron chi connectivity index (χ1n) is 12.5. The van der Waals surface area contributed by atoms with Gasteiger partial charge in [0.05, 0.1) is 6.04 Å². The van der Waals surface area contributed by atoms with Crippen molar-refractivity contribution in [1.82, 2.24) is 20.1 Å². The molecule has 1 aliphatic carbocycles. The number of pyridine rings is 1. The molecule has 3 aliphatic rings. The van der Waals surface area contributed by atoms with Crippen LogP contribution < -0.4 is 10.2 Å². The molecule has 1 amide bonds. The SMILES string of the molecule is CC1CCC(NC(=O)C(C)N2CCCC(CN3CCN(c4ccccn4)CC3)C2)CC1. The van der Waals surface area contributed by atoms with Crippen LogP contribution in [0.5, 0.6) is 0 Å². The lowest BCUT2D eigenvalue weighted by molar-refractivity contribution is -0.127. The smallest absolute Gasteiger partial charge is 0.237 e. The highest BCUT2D eigenvalue weighted by Gasteiger charge is 2.30. The fourth-order valence-corrected chi connectivity index (χ4v) is 5.56. The molecule has 1 aromatic rings. The number of hydrogen-bond acceptors (Lipinski definition) is 5. The van der Waals surface area contributed by atoms with Crippen LogP contribution in [0.15, 0.2) is 24.4 Å². The van der Waals surface area contributed by atoms with Crippen molar-refractivity contribution in [2.75, 3.05) is 50.7 Å². The number of nitrogens with zero attached hydrogens (tertiary/aromatic N) is 4. The van der Waals surface area contributed by atoms with Crippen LogP contribution in [0, 0.1) is 11.8 Å². The van der Waals surface area contributed by atoms with Gasteiger partial charge in [0.15, 0.2) is 0 Å². The largest absolute Gasteiger partial charge is 0.354 e. The van der Waals surface area contributed by atoms with Gasteiger partial charge in [0.25, 0.3) is 0 Å². The number of carbonyl (C=O) groups excluding carboxylic acids is 1. The number of carbonyl (C=O) groups is 1. The number of piperidine rings is 1. The van der Waals surface area contributed by atoms with E-state index >= 15 is 0 Å². The van der Waals surface area contributed by atoms with Crippen LogP contribution in [0.1, 0.15) is 52.4 Å². The second-order valence-electron chi connectivity index (χ2n) is 10.1. The van der Waals surface area contributed by atoms with Crippen LogP contribution in [0.4, 0.5) is 5.82 Å². The van der Waals surface area contributed by atoms with E-state index in [1.807, 2.05) is 12.3 Å². The molecule has 2 saturated heterocycles. The zero-order chi connectivity index (χ0) is 21.6. The minimum absolute atomic E-state index is 0.0110. The van der Waals surface area contributed by atoms with Crippen molar-refractivity contribution in [3.05, 3.63) is 24.4 Å². The average Bonchev–Trinajstić information content (AvgIpc) is 2.81. The first kappa shape index (κ1) is 22.5. The van der Waals surface area contributed by atoms with Gasteiger partial charge in [0, 0.05) is 51.5 Å². The summed E-state index contributed by atoms with van der Waals surface area (Å²) in [6.45, 7) is 12.0. The summed E-state index contributed by atoms with van der Waals surface area (Å²) in [6, 6.07) is 6.53. The van der Waals surface area contributed by atoms with Crippen molar-refractivity contribution in [2.24, 2.45) is 11.8 Å². The lowest BCUT2D eigenvalue weighted by atomic mass is 9.87. The van der Waals surface area contributed by atoms with Crippen LogP contribution in [0.2, 0.25) is 0 Å². The second kappa shape index (κ2) is 10.8. The summed E-state index contributed by atoms with van der Waals surface area (Å²) >= 11 is 0. The first-order valence-corrected chi connectivity index (χ1v) is 12.5. The molecular weight excluding hydrogens is 386 g/mol. The van der Waals surface area contributed by atoms with Crippen molar-refractivity contribution in [2.45, 2.75) is 64.5 Å². The number of rotatable bonds is 6. The van der Waals surface area contributed by atoms with E-state index in [0.29, 0.717) is 12.0 Å². The van der Waals surface area contributed by atoms with Gasteiger partial charge in [-0.25, -0.2) is 4.98 Å². The van der Waals surface area contributed by atoms with Crippen LogP contribution in [-0.2, 0) is 4.79 Å². The molecule has 1 N–H and O–H groups in total. The molecular formula is C25H41N5O. The third kappa shape index (κ3) is 6.19. The Morgan fingerprint density at radius 2 is 1.87 bits per heavy atom. The zero-order valence-electron chi connectivity index (χ0n) is 19.5. The van der Waals surface area contributed by atoms with Crippen molar-refractivity contribution >= 4 is 11.7 Å². The van der Waals surface area contributed by atoms with Gasteiger partial charge in [-0.1, -0.05) is 13.0 Å². The maximum atomic E-state index is 12.9. The van der Waals surface area contributed by atoms with E-state index in [2.05, 4.69) is 51.0 Å². The number of aromatic nitrogens is 1. The maximum Gasteiger partial charge on any atom is 0.237 e. The molecule has 0 radical (unpaired) electrons. The third-order valence-corrected chi connectivity index (χ3v) is 7.70. The van der Waals surface area contributed by atoms with E-state index < -0.39 is 0 Å². The Labute approximate surface area is 188 Å². The van der Waals surface area contributed by atoms with Crippen molar-refractivity contribution in [1.29, 1.82) is 0 Å². The predicted octanol–water partition coefficient (Wildman–Crippen LogP) is 3.00. The summed E-state index contributed by atoms with van der Waals surface area (Å²) in [7, 11) is 0. The molecule has 31 heavy (non-hydrogen) atoms. The van der Waals surface area contributed by atoms with Gasteiger partial charge in [-0.15, -0.1) is 0 Å². The number of likely N-dealkylation sites (tertiary alicyclic amines) is 1. The van der Waals surface area contributed by atoms with E-state index in [0.717, 1.165) is 70.4 Å². The zero-order valence-corrected chi connectivity index (χ0v) is 19.5. The Morgan fingerprint density at radius 3 is 2.58 bits per heavy atom. The van der Waals surface area contributed by atoms with E-state index in [1.165, 1.54) is 25.7 Å². The Hall–Kier alpha value is -1.66. The highest BCUT2D eigenvalue weighted by molar-refractivity contribution is 5.81. The fraction of sp³-hybridized carbons (Fsp3) is 0.760. The van der Waals surface area contributed by atoms with Crippen LogP contribution in [-0.4, -0.2) is 78.6 Å². The lowest BCUT2D eigenvalue weighted by Crippen LogP contribution is -2.53. The van der Waals surface area contributed by atoms with Gasteiger partial charge < -0.3 is 10.2 Å². The van der Waals surface area contributed by atoms with Crippen molar-refractivity contribution in [3.63, 3.8) is 0 Å². The molecule has 6 nitrogen and oxygen atoms in total. The quantitative estimate of drug-likeness (QED) is 0.756. The molecule has 2 aliphatic heterocycles. The Bertz CT molecular complexity index is 682. The molecule has 0 spiro atoms. The summed E-state index contributed by atoms with van der Waals surface area (Å²) in [4.78, 5) is 24.8. The normalized spacial score (nSPS) is 29.5. The molecule has 4 rings (SSSR count). The van der Waals surface area contributed by atoms with Gasteiger partial charge in [-0.3, -0.25) is 14.6 Å². The minimum atomic E-state index is -0.0110. The highest BCUT2D eigenvalue weighted by atomic mass is 16.2. The first-order chi connectivity index (χ1) is 15.1. The second-order valence-corrected chi connectivity index (χ2v) is 10.1. The van der Waals surface area contributed by atoms with E-state index in [1.54, 1.807) is 0 Å². The number of amides is 1. The summed E-state index contributed by atoms with van der Waals surface area (Å²) in [5, 5.41) is 3.35. The molecule has 3 heterocycles. The maximum absolute atomic E-state index is 12.9. The third-order valence-electron chi connectivity index (χ3n) is 7.70. The van der Waals surface area contributed by atoms with Crippen LogP contribution >= 0.6 is 0 Å². The molecule has 1 saturated carbocycles. The topological polar surface area (TPSA) is 51.7 Å². The Kier molecular flexibility index (Phi) is 7.83. The van der Waals surface area contributed by atoms with Gasteiger partial charge >= 0.3 is 0 Å². The number of piperazine rings is 1. The van der Waals surface area contributed by atoms with E-state index in [4.69, 9.17) is 0 Å². The molecule has 0 aromatic carbocycles. The molecule has 6 heteroatoms. The van der Waals surface area contributed by atoms with Crippen LogP contribution in [0.25, 0.3) is 0 Å². The number of anilines is 1. The van der Waals surface area contributed by atoms with Crippen molar-refractivity contribution < 1.29 is 4.79 Å². The summed E-state index contributed by atoms with van der Waals surface area (Å²) in [5.74, 6) is 2.82.